The Morgan fingerprint density at radius 1 is 1.25 bits per heavy atom. The van der Waals surface area contributed by atoms with E-state index in [0.29, 0.717) is 29.3 Å². The van der Waals surface area contributed by atoms with Crippen LogP contribution in [0.5, 0.6) is 0 Å². The zero-order valence-electron chi connectivity index (χ0n) is 17.8. The summed E-state index contributed by atoms with van der Waals surface area (Å²) >= 11 is 1.26. The van der Waals surface area contributed by atoms with Crippen LogP contribution in [0.15, 0.2) is 34.5 Å². The van der Waals surface area contributed by atoms with E-state index in [1.54, 1.807) is 6.07 Å². The number of nitrogens with one attached hydrogen (secondary N) is 2. The minimum absolute atomic E-state index is 0.00254. The number of amides is 1. The van der Waals surface area contributed by atoms with Gasteiger partial charge in [-0.3, -0.25) is 4.79 Å². The number of benzene rings is 1. The van der Waals surface area contributed by atoms with Gasteiger partial charge in [0, 0.05) is 30.3 Å². The Hall–Kier alpha value is -2.27. The number of sulfonamides is 1. The summed E-state index contributed by atoms with van der Waals surface area (Å²) in [4.78, 5) is 21.8. The van der Waals surface area contributed by atoms with E-state index in [-0.39, 0.29) is 24.5 Å². The summed E-state index contributed by atoms with van der Waals surface area (Å²) in [5.41, 5.74) is 2.34. The molecule has 4 heterocycles. The van der Waals surface area contributed by atoms with Crippen molar-refractivity contribution in [3.05, 3.63) is 41.0 Å². The van der Waals surface area contributed by atoms with Crippen molar-refractivity contribution in [2.24, 2.45) is 5.92 Å². The Morgan fingerprint density at radius 2 is 2.12 bits per heavy atom. The zero-order chi connectivity index (χ0) is 22.3. The highest BCUT2D eigenvalue weighted by atomic mass is 32.2. The number of thiophene rings is 1. The minimum Gasteiger partial charge on any atom is -0.370 e. The molecule has 0 saturated carbocycles. The maximum absolute atomic E-state index is 13.0. The van der Waals surface area contributed by atoms with Gasteiger partial charge >= 0.3 is 0 Å². The number of fused-ring (bicyclic) bond motifs is 1. The molecule has 10 heteroatoms. The minimum atomic E-state index is -3.57. The lowest BCUT2D eigenvalue weighted by atomic mass is 9.98. The molecule has 2 fully saturated rings. The molecule has 2 N–H and O–H groups in total. The number of imidazole rings is 1. The van der Waals surface area contributed by atoms with Crippen LogP contribution in [-0.2, 0) is 19.6 Å². The molecule has 0 unspecified atom stereocenters. The number of hydrogen-bond acceptors (Lipinski definition) is 6. The van der Waals surface area contributed by atoms with E-state index < -0.39 is 10.0 Å². The van der Waals surface area contributed by atoms with Crippen LogP contribution in [0.3, 0.4) is 0 Å². The van der Waals surface area contributed by atoms with Gasteiger partial charge in [0.1, 0.15) is 16.1 Å². The van der Waals surface area contributed by atoms with E-state index in [0.717, 1.165) is 41.2 Å². The summed E-state index contributed by atoms with van der Waals surface area (Å²) in [7, 11) is -3.57. The molecule has 1 aromatic carbocycles. The number of carbonyl (C=O) groups is 1. The third-order valence-corrected chi connectivity index (χ3v) is 9.40. The van der Waals surface area contributed by atoms with Crippen LogP contribution in [0.2, 0.25) is 0 Å². The molecule has 2 aliphatic rings. The van der Waals surface area contributed by atoms with Crippen molar-refractivity contribution in [1.29, 1.82) is 0 Å². The summed E-state index contributed by atoms with van der Waals surface area (Å²) in [6, 6.07) is 9.01. The third kappa shape index (κ3) is 4.19. The van der Waals surface area contributed by atoms with Crippen molar-refractivity contribution < 1.29 is 17.9 Å². The Labute approximate surface area is 191 Å². The Morgan fingerprint density at radius 3 is 2.88 bits per heavy atom. The highest BCUT2D eigenvalue weighted by Gasteiger charge is 2.34. The van der Waals surface area contributed by atoms with Crippen LogP contribution in [-0.4, -0.2) is 48.3 Å². The number of aryl methyl sites for hydroxylation is 1. The maximum Gasteiger partial charge on any atom is 0.252 e. The number of rotatable bonds is 5. The monoisotopic (exact) mass is 474 g/mol. The van der Waals surface area contributed by atoms with Gasteiger partial charge in [0.15, 0.2) is 0 Å². The van der Waals surface area contributed by atoms with E-state index >= 15 is 0 Å². The topological polar surface area (TPSA) is 104 Å². The number of carbonyl (C=O) groups excluding carboxylic acids is 1. The van der Waals surface area contributed by atoms with Gasteiger partial charge in [-0.15, -0.1) is 11.3 Å². The average molecular weight is 475 g/mol. The molecule has 1 amide bonds. The van der Waals surface area contributed by atoms with Crippen LogP contribution in [0.25, 0.3) is 11.0 Å². The first-order valence-electron chi connectivity index (χ1n) is 10.9. The van der Waals surface area contributed by atoms with Crippen LogP contribution in [0.4, 0.5) is 5.69 Å². The lowest BCUT2D eigenvalue weighted by Crippen LogP contribution is -2.43. The van der Waals surface area contributed by atoms with Crippen molar-refractivity contribution in [2.45, 2.75) is 42.9 Å². The number of H-pyrrole nitrogens is 1. The van der Waals surface area contributed by atoms with Gasteiger partial charge in [-0.25, -0.2) is 13.4 Å². The SMILES string of the molecule is Cc1ccc(S(=O)(=O)N2CCC[C@H](C(=O)Nc3ccc4nc([C@@H]5CCCO5)[nH]c4c3)C2)s1. The average Bonchev–Trinajstić information content (AvgIpc) is 3.54. The second-order valence-electron chi connectivity index (χ2n) is 8.41. The number of ether oxygens (including phenoxy) is 1. The summed E-state index contributed by atoms with van der Waals surface area (Å²) in [6.07, 6.45) is 3.31. The first kappa shape index (κ1) is 21.6. The molecule has 2 atom stereocenters. The number of hydrogen-bond donors (Lipinski definition) is 2. The van der Waals surface area contributed by atoms with Crippen LogP contribution in [0, 0.1) is 12.8 Å². The molecule has 0 bridgehead atoms. The zero-order valence-corrected chi connectivity index (χ0v) is 19.5. The Balaban J connectivity index is 1.28. The highest BCUT2D eigenvalue weighted by molar-refractivity contribution is 7.91. The van der Waals surface area contributed by atoms with Gasteiger partial charge in [0.2, 0.25) is 5.91 Å². The lowest BCUT2D eigenvalue weighted by Gasteiger charge is -2.30. The Kier molecular flexibility index (Phi) is 5.79. The molecule has 3 aromatic rings. The number of aromatic amines is 1. The lowest BCUT2D eigenvalue weighted by molar-refractivity contribution is -0.120. The maximum atomic E-state index is 13.0. The van der Waals surface area contributed by atoms with Crippen LogP contribution >= 0.6 is 11.3 Å². The van der Waals surface area contributed by atoms with Crippen LogP contribution < -0.4 is 5.32 Å². The number of nitrogens with zero attached hydrogens (tertiary/aromatic N) is 2. The predicted molar refractivity (Wildman–Crippen MR) is 123 cm³/mol. The van der Waals surface area contributed by atoms with E-state index in [1.165, 1.54) is 15.6 Å². The predicted octanol–water partition coefficient (Wildman–Crippen LogP) is 3.82. The fourth-order valence-electron chi connectivity index (χ4n) is 4.35. The van der Waals surface area contributed by atoms with Gasteiger partial charge in [0.25, 0.3) is 10.0 Å². The smallest absolute Gasteiger partial charge is 0.252 e. The number of piperidine rings is 1. The van der Waals surface area contributed by atoms with E-state index in [4.69, 9.17) is 4.74 Å². The van der Waals surface area contributed by atoms with Gasteiger partial charge in [-0.05, 0) is 62.9 Å². The summed E-state index contributed by atoms with van der Waals surface area (Å²) in [5.74, 6) is 0.267. The molecular formula is C22H26N4O4S2. The quantitative estimate of drug-likeness (QED) is 0.585. The molecule has 0 spiro atoms. The summed E-state index contributed by atoms with van der Waals surface area (Å²) in [6.45, 7) is 3.27. The van der Waals surface area contributed by atoms with Crippen molar-refractivity contribution in [2.75, 3.05) is 25.0 Å². The van der Waals surface area contributed by atoms with Crippen LogP contribution in [0.1, 0.15) is 42.5 Å². The molecule has 2 saturated heterocycles. The second-order valence-corrected chi connectivity index (χ2v) is 11.9. The number of aromatic nitrogens is 2. The van der Waals surface area contributed by atoms with Gasteiger partial charge in [-0.2, -0.15) is 4.31 Å². The van der Waals surface area contributed by atoms with Gasteiger partial charge in [0.05, 0.1) is 17.0 Å². The largest absolute Gasteiger partial charge is 0.370 e. The molecule has 8 nitrogen and oxygen atoms in total. The van der Waals surface area contributed by atoms with Crippen molar-refractivity contribution in [3.63, 3.8) is 0 Å². The first-order valence-corrected chi connectivity index (χ1v) is 13.1. The Bertz CT molecular complexity index is 1240. The molecule has 2 aromatic heterocycles. The molecule has 0 aliphatic carbocycles. The van der Waals surface area contributed by atoms with Gasteiger partial charge < -0.3 is 15.0 Å². The second kappa shape index (κ2) is 8.58. The van der Waals surface area contributed by atoms with Crippen molar-refractivity contribution >= 4 is 44.0 Å². The molecule has 32 heavy (non-hydrogen) atoms. The van der Waals surface area contributed by atoms with Crippen molar-refractivity contribution in [3.8, 4) is 0 Å². The summed E-state index contributed by atoms with van der Waals surface area (Å²) < 4.78 is 33.4. The molecular weight excluding hydrogens is 448 g/mol. The summed E-state index contributed by atoms with van der Waals surface area (Å²) in [5, 5.41) is 2.96. The third-order valence-electron chi connectivity index (χ3n) is 6.07. The first-order chi connectivity index (χ1) is 15.4. The molecule has 5 rings (SSSR count). The van der Waals surface area contributed by atoms with E-state index in [9.17, 15) is 13.2 Å². The van der Waals surface area contributed by atoms with Gasteiger partial charge in [-0.1, -0.05) is 0 Å². The number of anilines is 1. The molecule has 0 radical (unpaired) electrons. The molecule has 170 valence electrons. The molecule has 2 aliphatic heterocycles. The van der Waals surface area contributed by atoms with E-state index in [2.05, 4.69) is 15.3 Å². The van der Waals surface area contributed by atoms with E-state index in [1.807, 2.05) is 31.2 Å². The standard InChI is InChI=1S/C22H26N4O4S2/c1-14-6-9-20(31-14)32(28,29)26-10-2-4-15(13-26)22(27)23-16-7-8-17-18(12-16)25-21(24-17)19-5-3-11-30-19/h6-9,12,15,19H,2-5,10-11,13H2,1H3,(H,23,27)(H,24,25)/t15-,19-/m0/s1. The van der Waals surface area contributed by atoms with Crippen molar-refractivity contribution in [1.82, 2.24) is 14.3 Å². The normalized spacial score (nSPS) is 22.4. The fourth-order valence-corrected chi connectivity index (χ4v) is 7.31. The highest BCUT2D eigenvalue weighted by Crippen LogP contribution is 2.30. The fraction of sp³-hybridized carbons (Fsp3) is 0.455.